The van der Waals surface area contributed by atoms with E-state index in [-0.39, 0.29) is 6.42 Å². The highest BCUT2D eigenvalue weighted by atomic mass is 35.5. The first-order valence-electron chi connectivity index (χ1n) is 4.07. The Kier molecular flexibility index (Phi) is 3.71. The van der Waals surface area contributed by atoms with Crippen molar-refractivity contribution in [1.29, 1.82) is 0 Å². The van der Waals surface area contributed by atoms with Crippen molar-refractivity contribution >= 4 is 17.6 Å². The molecule has 0 aliphatic rings. The Labute approximate surface area is 86.5 Å². The molecule has 0 bridgehead atoms. The van der Waals surface area contributed by atoms with Crippen molar-refractivity contribution in [2.45, 2.75) is 19.4 Å². The van der Waals surface area contributed by atoms with Gasteiger partial charge in [0.1, 0.15) is 11.9 Å². The summed E-state index contributed by atoms with van der Waals surface area (Å²) in [7, 11) is 0. The topological polar surface area (TPSA) is 59.4 Å². The van der Waals surface area contributed by atoms with Gasteiger partial charge in [-0.3, -0.25) is 9.78 Å². The summed E-state index contributed by atoms with van der Waals surface area (Å²) in [5.41, 5.74) is 0. The van der Waals surface area contributed by atoms with Crippen LogP contribution >= 0.6 is 11.6 Å². The maximum Gasteiger partial charge on any atom is 0.307 e. The third-order valence-electron chi connectivity index (χ3n) is 1.48. The zero-order valence-corrected chi connectivity index (χ0v) is 8.36. The van der Waals surface area contributed by atoms with Crippen LogP contribution in [0.1, 0.15) is 13.3 Å². The van der Waals surface area contributed by atoms with Gasteiger partial charge in [0.05, 0.1) is 17.6 Å². The molecule has 1 heterocycles. The molecule has 1 aromatic heterocycles. The summed E-state index contributed by atoms with van der Waals surface area (Å²) < 4.78 is 5.28. The number of carboxylic acids is 1. The van der Waals surface area contributed by atoms with Gasteiger partial charge in [-0.15, -0.1) is 0 Å². The number of nitrogens with zero attached hydrogens (tertiary/aromatic N) is 1. The van der Waals surface area contributed by atoms with Crippen LogP contribution in [0.15, 0.2) is 18.5 Å². The van der Waals surface area contributed by atoms with Gasteiger partial charge in [0.25, 0.3) is 0 Å². The van der Waals surface area contributed by atoms with E-state index in [1.807, 2.05) is 0 Å². The zero-order valence-electron chi connectivity index (χ0n) is 7.61. The number of hydrogen-bond acceptors (Lipinski definition) is 3. The maximum absolute atomic E-state index is 10.3. The van der Waals surface area contributed by atoms with Crippen molar-refractivity contribution in [1.82, 2.24) is 4.98 Å². The SMILES string of the molecule is C[C@H](CC(=O)O)Oc1cncc(Cl)c1. The summed E-state index contributed by atoms with van der Waals surface area (Å²) in [4.78, 5) is 14.2. The molecule has 0 aliphatic heterocycles. The Morgan fingerprint density at radius 3 is 3.00 bits per heavy atom. The fourth-order valence-electron chi connectivity index (χ4n) is 0.977. The summed E-state index contributed by atoms with van der Waals surface area (Å²) in [5.74, 6) is -0.418. The van der Waals surface area contributed by atoms with E-state index in [0.29, 0.717) is 10.8 Å². The molecule has 0 aliphatic carbocycles. The molecule has 4 nitrogen and oxygen atoms in total. The lowest BCUT2D eigenvalue weighted by atomic mass is 10.3. The minimum atomic E-state index is -0.896. The minimum Gasteiger partial charge on any atom is -0.488 e. The molecular formula is C9H10ClNO3. The first kappa shape index (κ1) is 10.8. The predicted octanol–water partition coefficient (Wildman–Crippen LogP) is 1.98. The Morgan fingerprint density at radius 1 is 1.71 bits per heavy atom. The van der Waals surface area contributed by atoms with Gasteiger partial charge in [0, 0.05) is 12.3 Å². The van der Waals surface area contributed by atoms with Gasteiger partial charge in [-0.1, -0.05) is 11.6 Å². The second-order valence-corrected chi connectivity index (χ2v) is 3.30. The lowest BCUT2D eigenvalue weighted by Gasteiger charge is -2.11. The number of carbonyl (C=O) groups is 1. The molecule has 5 heteroatoms. The molecule has 0 amide bonds. The molecule has 0 unspecified atom stereocenters. The highest BCUT2D eigenvalue weighted by Crippen LogP contribution is 2.17. The van der Waals surface area contributed by atoms with Gasteiger partial charge in [0.2, 0.25) is 0 Å². The number of rotatable bonds is 4. The largest absolute Gasteiger partial charge is 0.488 e. The summed E-state index contributed by atoms with van der Waals surface area (Å²) >= 11 is 5.68. The van der Waals surface area contributed by atoms with Crippen LogP contribution in [0.5, 0.6) is 5.75 Å². The second-order valence-electron chi connectivity index (χ2n) is 2.87. The van der Waals surface area contributed by atoms with E-state index in [9.17, 15) is 4.79 Å². The molecule has 76 valence electrons. The smallest absolute Gasteiger partial charge is 0.307 e. The molecule has 14 heavy (non-hydrogen) atoms. The van der Waals surface area contributed by atoms with E-state index in [1.54, 1.807) is 13.0 Å². The average Bonchev–Trinajstić information content (AvgIpc) is 2.01. The molecule has 1 N–H and O–H groups in total. The van der Waals surface area contributed by atoms with Gasteiger partial charge >= 0.3 is 5.97 Å². The van der Waals surface area contributed by atoms with Gasteiger partial charge < -0.3 is 9.84 Å². The predicted molar refractivity (Wildman–Crippen MR) is 51.6 cm³/mol. The summed E-state index contributed by atoms with van der Waals surface area (Å²) in [5, 5.41) is 8.96. The van der Waals surface area contributed by atoms with Gasteiger partial charge in [-0.25, -0.2) is 0 Å². The molecule has 0 saturated heterocycles. The number of aliphatic carboxylic acids is 1. The van der Waals surface area contributed by atoms with E-state index in [0.717, 1.165) is 0 Å². The summed E-state index contributed by atoms with van der Waals surface area (Å²) in [6.07, 6.45) is 2.53. The van der Waals surface area contributed by atoms with Crippen LogP contribution in [0.25, 0.3) is 0 Å². The van der Waals surface area contributed by atoms with Crippen molar-refractivity contribution in [3.8, 4) is 5.75 Å². The number of ether oxygens (including phenoxy) is 1. The fraction of sp³-hybridized carbons (Fsp3) is 0.333. The van der Waals surface area contributed by atoms with E-state index in [2.05, 4.69) is 4.98 Å². The molecule has 0 radical (unpaired) electrons. The van der Waals surface area contributed by atoms with Crippen molar-refractivity contribution in [2.24, 2.45) is 0 Å². The van der Waals surface area contributed by atoms with E-state index in [4.69, 9.17) is 21.4 Å². The highest BCUT2D eigenvalue weighted by Gasteiger charge is 2.09. The van der Waals surface area contributed by atoms with E-state index in [1.165, 1.54) is 12.4 Å². The zero-order chi connectivity index (χ0) is 10.6. The number of hydrogen-bond donors (Lipinski definition) is 1. The lowest BCUT2D eigenvalue weighted by Crippen LogP contribution is -2.16. The average molecular weight is 216 g/mol. The third kappa shape index (κ3) is 3.62. The Bertz CT molecular complexity index is 330. The minimum absolute atomic E-state index is 0.0491. The standard InChI is InChI=1S/C9H10ClNO3/c1-6(2-9(12)13)14-8-3-7(10)4-11-5-8/h3-6H,2H2,1H3,(H,12,13)/t6-/m1/s1. The molecule has 0 fully saturated rings. The molecule has 0 aromatic carbocycles. The molecular weight excluding hydrogens is 206 g/mol. The van der Waals surface area contributed by atoms with Gasteiger partial charge in [-0.05, 0) is 6.92 Å². The maximum atomic E-state index is 10.3. The number of pyridine rings is 1. The van der Waals surface area contributed by atoms with Gasteiger partial charge in [-0.2, -0.15) is 0 Å². The van der Waals surface area contributed by atoms with Crippen LogP contribution in [-0.4, -0.2) is 22.2 Å². The molecule has 0 saturated carbocycles. The number of halogens is 1. The van der Waals surface area contributed by atoms with Crippen molar-refractivity contribution in [3.05, 3.63) is 23.5 Å². The van der Waals surface area contributed by atoms with Gasteiger partial charge in [0.15, 0.2) is 0 Å². The van der Waals surface area contributed by atoms with Crippen LogP contribution in [0, 0.1) is 0 Å². The monoisotopic (exact) mass is 215 g/mol. The molecule has 1 rings (SSSR count). The van der Waals surface area contributed by atoms with Crippen LogP contribution in [-0.2, 0) is 4.79 Å². The number of carboxylic acid groups (broad SMARTS) is 1. The van der Waals surface area contributed by atoms with Crippen LogP contribution in [0.4, 0.5) is 0 Å². The Morgan fingerprint density at radius 2 is 2.43 bits per heavy atom. The molecule has 0 spiro atoms. The van der Waals surface area contributed by atoms with Crippen LogP contribution < -0.4 is 4.74 Å². The van der Waals surface area contributed by atoms with E-state index < -0.39 is 12.1 Å². The van der Waals surface area contributed by atoms with Crippen LogP contribution in [0.2, 0.25) is 5.02 Å². The highest BCUT2D eigenvalue weighted by molar-refractivity contribution is 6.30. The quantitative estimate of drug-likeness (QED) is 0.834. The number of aromatic nitrogens is 1. The Balaban J connectivity index is 2.55. The lowest BCUT2D eigenvalue weighted by molar-refractivity contribution is -0.138. The summed E-state index contributed by atoms with van der Waals surface area (Å²) in [6.45, 7) is 1.68. The van der Waals surface area contributed by atoms with Crippen molar-refractivity contribution in [3.63, 3.8) is 0 Å². The Hall–Kier alpha value is -1.29. The van der Waals surface area contributed by atoms with Crippen LogP contribution in [0.3, 0.4) is 0 Å². The van der Waals surface area contributed by atoms with Crippen molar-refractivity contribution < 1.29 is 14.6 Å². The van der Waals surface area contributed by atoms with E-state index >= 15 is 0 Å². The summed E-state index contributed by atoms with van der Waals surface area (Å²) in [6, 6.07) is 1.59. The fourth-order valence-corrected chi connectivity index (χ4v) is 1.14. The van der Waals surface area contributed by atoms with Crippen molar-refractivity contribution in [2.75, 3.05) is 0 Å². The normalized spacial score (nSPS) is 12.1. The molecule has 1 atom stereocenters. The second kappa shape index (κ2) is 4.81. The first-order valence-corrected chi connectivity index (χ1v) is 4.44. The third-order valence-corrected chi connectivity index (χ3v) is 1.69. The molecule has 1 aromatic rings. The first-order chi connectivity index (χ1) is 6.58.